The summed E-state index contributed by atoms with van der Waals surface area (Å²) in [5.74, 6) is 0.964. The van der Waals surface area contributed by atoms with Gasteiger partial charge in [0, 0.05) is 42.5 Å². The predicted octanol–water partition coefficient (Wildman–Crippen LogP) is 5.09. The summed E-state index contributed by atoms with van der Waals surface area (Å²) >= 11 is 0. The zero-order valence-electron chi connectivity index (χ0n) is 17.7. The molecule has 0 saturated carbocycles. The fourth-order valence-corrected chi connectivity index (χ4v) is 3.31. The fourth-order valence-electron chi connectivity index (χ4n) is 3.31. The third kappa shape index (κ3) is 4.92. The lowest BCUT2D eigenvalue weighted by Crippen LogP contribution is -2.26. The van der Waals surface area contributed by atoms with Crippen molar-refractivity contribution < 1.29 is 14.3 Å². The summed E-state index contributed by atoms with van der Waals surface area (Å²) in [5, 5.41) is 0. The van der Waals surface area contributed by atoms with Gasteiger partial charge in [0.1, 0.15) is 0 Å². The quantitative estimate of drug-likeness (QED) is 0.394. The van der Waals surface area contributed by atoms with Gasteiger partial charge in [0.2, 0.25) is 0 Å². The number of carbonyl (C=O) groups is 1. The molecule has 1 amide bonds. The van der Waals surface area contributed by atoms with Crippen molar-refractivity contribution in [2.75, 3.05) is 18.6 Å². The van der Waals surface area contributed by atoms with Crippen molar-refractivity contribution in [1.82, 2.24) is 9.97 Å². The summed E-state index contributed by atoms with van der Waals surface area (Å²) in [6.45, 7) is 0.429. The van der Waals surface area contributed by atoms with Gasteiger partial charge in [0.25, 0.3) is 5.91 Å². The van der Waals surface area contributed by atoms with Crippen LogP contribution in [0.3, 0.4) is 0 Å². The van der Waals surface area contributed by atoms with Gasteiger partial charge < -0.3 is 9.47 Å². The predicted molar refractivity (Wildman–Crippen MR) is 124 cm³/mol. The topological polar surface area (TPSA) is 64.5 Å². The van der Waals surface area contributed by atoms with E-state index in [2.05, 4.69) is 9.97 Å². The Labute approximate surface area is 187 Å². The molecule has 0 aliphatic carbocycles. The molecular weight excluding hydrogens is 402 g/mol. The normalized spacial score (nSPS) is 10.4. The van der Waals surface area contributed by atoms with E-state index < -0.39 is 0 Å². The number of para-hydroxylation sites is 1. The van der Waals surface area contributed by atoms with Gasteiger partial charge in [-0.05, 0) is 48.5 Å². The number of methoxy groups -OCH3 is 1. The molecule has 32 heavy (non-hydrogen) atoms. The third-order valence-electron chi connectivity index (χ3n) is 4.87. The molecule has 0 bridgehead atoms. The van der Waals surface area contributed by atoms with Gasteiger partial charge in [-0.25, -0.2) is 0 Å². The molecule has 0 aliphatic heterocycles. The van der Waals surface area contributed by atoms with E-state index in [1.165, 1.54) is 0 Å². The van der Waals surface area contributed by atoms with Crippen molar-refractivity contribution in [1.29, 1.82) is 0 Å². The smallest absolute Gasteiger partial charge is 0.264 e. The number of carbonyl (C=O) groups excluding carboxylic acids is 1. The van der Waals surface area contributed by atoms with E-state index in [1.807, 2.05) is 60.7 Å². The number of amides is 1. The molecule has 0 aliphatic rings. The number of nitrogens with zero attached hydrogens (tertiary/aromatic N) is 3. The Hall–Kier alpha value is -4.19. The lowest BCUT2D eigenvalue weighted by molar-refractivity contribution is 0.0999. The molecule has 6 heteroatoms. The SMILES string of the molecule is COc1ccc(N(C(=O)c2cccnc2)c2ccccc2)cc1OCCc1ccccn1. The summed E-state index contributed by atoms with van der Waals surface area (Å²) in [5.41, 5.74) is 2.84. The number of benzene rings is 2. The highest BCUT2D eigenvalue weighted by atomic mass is 16.5. The Morgan fingerprint density at radius 2 is 1.72 bits per heavy atom. The molecule has 0 radical (unpaired) electrons. The highest BCUT2D eigenvalue weighted by Gasteiger charge is 2.21. The van der Waals surface area contributed by atoms with Gasteiger partial charge in [-0.1, -0.05) is 24.3 Å². The van der Waals surface area contributed by atoms with Crippen molar-refractivity contribution in [3.05, 3.63) is 109 Å². The summed E-state index contributed by atoms with van der Waals surface area (Å²) in [4.78, 5) is 23.5. The van der Waals surface area contributed by atoms with Crippen molar-refractivity contribution in [3.8, 4) is 11.5 Å². The molecular formula is C26H23N3O3. The van der Waals surface area contributed by atoms with Crippen LogP contribution in [0.4, 0.5) is 11.4 Å². The average Bonchev–Trinajstić information content (AvgIpc) is 2.86. The molecule has 0 atom stereocenters. The lowest BCUT2D eigenvalue weighted by Gasteiger charge is -2.24. The number of hydrogen-bond acceptors (Lipinski definition) is 5. The molecule has 4 rings (SSSR count). The van der Waals surface area contributed by atoms with Crippen LogP contribution in [0.1, 0.15) is 16.1 Å². The third-order valence-corrected chi connectivity index (χ3v) is 4.87. The first-order valence-electron chi connectivity index (χ1n) is 10.3. The van der Waals surface area contributed by atoms with Crippen LogP contribution in [-0.2, 0) is 6.42 Å². The first kappa shape index (κ1) is 21.1. The molecule has 2 aromatic carbocycles. The van der Waals surface area contributed by atoms with Gasteiger partial charge in [-0.2, -0.15) is 0 Å². The zero-order chi connectivity index (χ0) is 22.2. The van der Waals surface area contributed by atoms with Gasteiger partial charge in [0.15, 0.2) is 11.5 Å². The standard InChI is InChI=1S/C26H23N3O3/c1-31-24-13-12-23(18-25(24)32-17-14-21-9-5-6-16-28-21)29(22-10-3-2-4-11-22)26(30)20-8-7-15-27-19-20/h2-13,15-16,18-19H,14,17H2,1H3. The second-order valence-electron chi connectivity index (χ2n) is 6.97. The first-order chi connectivity index (χ1) is 15.8. The molecule has 6 nitrogen and oxygen atoms in total. The molecule has 0 N–H and O–H groups in total. The minimum absolute atomic E-state index is 0.186. The first-order valence-corrected chi connectivity index (χ1v) is 10.3. The van der Waals surface area contributed by atoms with Gasteiger partial charge in [-0.15, -0.1) is 0 Å². The van der Waals surface area contributed by atoms with E-state index in [9.17, 15) is 4.79 Å². The maximum atomic E-state index is 13.4. The van der Waals surface area contributed by atoms with E-state index in [0.717, 1.165) is 11.4 Å². The van der Waals surface area contributed by atoms with Gasteiger partial charge in [-0.3, -0.25) is 19.7 Å². The molecule has 0 saturated heterocycles. The van der Waals surface area contributed by atoms with Crippen LogP contribution in [0, 0.1) is 0 Å². The summed E-state index contributed by atoms with van der Waals surface area (Å²) in [6, 6.07) is 24.2. The maximum Gasteiger partial charge on any atom is 0.264 e. The number of rotatable bonds is 8. The molecule has 4 aromatic rings. The Morgan fingerprint density at radius 1 is 0.875 bits per heavy atom. The molecule has 0 fully saturated rings. The number of hydrogen-bond donors (Lipinski definition) is 0. The average molecular weight is 425 g/mol. The number of pyridine rings is 2. The van der Waals surface area contributed by atoms with Crippen LogP contribution in [-0.4, -0.2) is 29.6 Å². The highest BCUT2D eigenvalue weighted by Crippen LogP contribution is 2.35. The van der Waals surface area contributed by atoms with Crippen LogP contribution in [0.5, 0.6) is 11.5 Å². The summed E-state index contributed by atoms with van der Waals surface area (Å²) in [6.07, 6.45) is 5.63. The zero-order valence-corrected chi connectivity index (χ0v) is 17.7. The molecule has 0 spiro atoms. The minimum Gasteiger partial charge on any atom is -0.493 e. The van der Waals surface area contributed by atoms with E-state index in [-0.39, 0.29) is 5.91 Å². The van der Waals surface area contributed by atoms with E-state index in [4.69, 9.17) is 9.47 Å². The van der Waals surface area contributed by atoms with Crippen LogP contribution in [0.15, 0.2) is 97.5 Å². The van der Waals surface area contributed by atoms with Crippen LogP contribution >= 0.6 is 0 Å². The molecule has 2 heterocycles. The van der Waals surface area contributed by atoms with E-state index in [0.29, 0.717) is 35.8 Å². The van der Waals surface area contributed by atoms with Gasteiger partial charge >= 0.3 is 0 Å². The lowest BCUT2D eigenvalue weighted by atomic mass is 10.1. The Balaban J connectivity index is 1.65. The van der Waals surface area contributed by atoms with E-state index >= 15 is 0 Å². The second kappa shape index (κ2) is 10.2. The van der Waals surface area contributed by atoms with Crippen molar-refractivity contribution in [3.63, 3.8) is 0 Å². The fraction of sp³-hybridized carbons (Fsp3) is 0.115. The van der Waals surface area contributed by atoms with Crippen LogP contribution in [0.25, 0.3) is 0 Å². The molecule has 2 aromatic heterocycles. The number of ether oxygens (including phenoxy) is 2. The largest absolute Gasteiger partial charge is 0.493 e. The summed E-state index contributed by atoms with van der Waals surface area (Å²) < 4.78 is 11.5. The highest BCUT2D eigenvalue weighted by molar-refractivity contribution is 6.10. The van der Waals surface area contributed by atoms with Crippen molar-refractivity contribution >= 4 is 17.3 Å². The van der Waals surface area contributed by atoms with E-state index in [1.54, 1.807) is 48.8 Å². The Morgan fingerprint density at radius 3 is 2.44 bits per heavy atom. The minimum atomic E-state index is -0.186. The Kier molecular flexibility index (Phi) is 6.72. The second-order valence-corrected chi connectivity index (χ2v) is 6.97. The van der Waals surface area contributed by atoms with Crippen molar-refractivity contribution in [2.24, 2.45) is 0 Å². The van der Waals surface area contributed by atoms with Gasteiger partial charge in [0.05, 0.1) is 25.0 Å². The number of anilines is 2. The monoisotopic (exact) mass is 425 g/mol. The summed E-state index contributed by atoms with van der Waals surface area (Å²) in [7, 11) is 1.59. The Bertz CT molecular complexity index is 1150. The molecule has 160 valence electrons. The molecule has 0 unspecified atom stereocenters. The maximum absolute atomic E-state index is 13.4. The van der Waals surface area contributed by atoms with Crippen LogP contribution in [0.2, 0.25) is 0 Å². The number of aromatic nitrogens is 2. The van der Waals surface area contributed by atoms with Crippen LogP contribution < -0.4 is 14.4 Å². The van der Waals surface area contributed by atoms with Crippen molar-refractivity contribution in [2.45, 2.75) is 6.42 Å².